The first kappa shape index (κ1) is 20.1. The quantitative estimate of drug-likeness (QED) is 0.770. The highest BCUT2D eigenvalue weighted by atomic mass is 35.5. The van der Waals surface area contributed by atoms with Crippen molar-refractivity contribution in [3.05, 3.63) is 59.7 Å². The molecular weight excluding hydrogens is 352 g/mol. The fourth-order valence-corrected chi connectivity index (χ4v) is 4.19. The number of hydrogen-bond donors (Lipinski definition) is 1. The lowest BCUT2D eigenvalue weighted by molar-refractivity contribution is 0.315. The lowest BCUT2D eigenvalue weighted by Crippen LogP contribution is -2.23. The molecule has 0 radical (unpaired) electrons. The van der Waals surface area contributed by atoms with Gasteiger partial charge in [-0.2, -0.15) is 0 Å². The molecule has 0 spiro atoms. The minimum atomic E-state index is 0. The molecule has 1 fully saturated rings. The molecular formula is C20H27ClN2OS. The van der Waals surface area contributed by atoms with Crippen LogP contribution in [0.4, 0.5) is 0 Å². The molecule has 0 unspecified atom stereocenters. The monoisotopic (exact) mass is 378 g/mol. The third kappa shape index (κ3) is 4.70. The second-order valence-corrected chi connectivity index (χ2v) is 7.24. The highest BCUT2D eigenvalue weighted by Crippen LogP contribution is 2.34. The van der Waals surface area contributed by atoms with Crippen LogP contribution < -0.4 is 10.5 Å². The summed E-state index contributed by atoms with van der Waals surface area (Å²) in [6.45, 7) is 3.82. The summed E-state index contributed by atoms with van der Waals surface area (Å²) in [4.78, 5) is 3.70. The first-order valence-electron chi connectivity index (χ1n) is 8.43. The number of hydrogen-bond acceptors (Lipinski definition) is 4. The van der Waals surface area contributed by atoms with Crippen LogP contribution in [-0.2, 0) is 6.54 Å². The summed E-state index contributed by atoms with van der Waals surface area (Å²) in [6.07, 6.45) is 2.08. The molecule has 0 saturated carbocycles. The van der Waals surface area contributed by atoms with E-state index in [-0.39, 0.29) is 12.4 Å². The summed E-state index contributed by atoms with van der Waals surface area (Å²) in [6, 6.07) is 17.3. The van der Waals surface area contributed by atoms with Crippen molar-refractivity contribution in [3.8, 4) is 5.75 Å². The molecule has 3 rings (SSSR count). The molecule has 2 aromatic rings. The lowest BCUT2D eigenvalue weighted by Gasteiger charge is -2.17. The third-order valence-corrected chi connectivity index (χ3v) is 5.68. The molecule has 5 heteroatoms. The van der Waals surface area contributed by atoms with Gasteiger partial charge in [0.2, 0.25) is 0 Å². The molecule has 3 nitrogen and oxygen atoms in total. The number of halogens is 1. The van der Waals surface area contributed by atoms with Crippen LogP contribution >= 0.6 is 24.2 Å². The highest BCUT2D eigenvalue weighted by molar-refractivity contribution is 7.98. The Hall–Kier alpha value is -1.20. The summed E-state index contributed by atoms with van der Waals surface area (Å²) in [7, 11) is 1.74. The van der Waals surface area contributed by atoms with E-state index in [0.29, 0.717) is 11.8 Å². The standard InChI is InChI=1S/C20H26N2OS.ClH/c1-23-19-10-15(8-9-20(19)24-2)12-22-13-17(11-21)18(14-22)16-6-4-3-5-7-16;/h3-10,17-18H,11-14,21H2,1-2H3;1H/t17-,18+;/m1./s1. The van der Waals surface area contributed by atoms with E-state index in [1.165, 1.54) is 16.0 Å². The molecule has 0 bridgehead atoms. The fourth-order valence-electron chi connectivity index (χ4n) is 3.64. The maximum absolute atomic E-state index is 6.05. The Balaban J connectivity index is 0.00000225. The molecule has 1 aliphatic heterocycles. The van der Waals surface area contributed by atoms with Gasteiger partial charge in [0, 0.05) is 30.4 Å². The van der Waals surface area contributed by atoms with Crippen molar-refractivity contribution in [3.63, 3.8) is 0 Å². The van der Waals surface area contributed by atoms with Crippen LogP contribution in [0.25, 0.3) is 0 Å². The molecule has 136 valence electrons. The van der Waals surface area contributed by atoms with Crippen molar-refractivity contribution in [1.82, 2.24) is 4.90 Å². The number of ether oxygens (including phenoxy) is 1. The van der Waals surface area contributed by atoms with Crippen LogP contribution in [0.15, 0.2) is 53.4 Å². The van der Waals surface area contributed by atoms with Gasteiger partial charge in [-0.05, 0) is 42.0 Å². The fraction of sp³-hybridized carbons (Fsp3) is 0.400. The Labute approximate surface area is 161 Å². The number of methoxy groups -OCH3 is 1. The largest absolute Gasteiger partial charge is 0.496 e. The second kappa shape index (κ2) is 9.48. The first-order chi connectivity index (χ1) is 11.7. The Kier molecular flexibility index (Phi) is 7.63. The van der Waals surface area contributed by atoms with E-state index in [2.05, 4.69) is 59.7 Å². The number of rotatable bonds is 6. The van der Waals surface area contributed by atoms with E-state index in [4.69, 9.17) is 10.5 Å². The number of likely N-dealkylation sites (tertiary alicyclic amines) is 1. The maximum Gasteiger partial charge on any atom is 0.132 e. The normalized spacial score (nSPS) is 20.3. The molecule has 25 heavy (non-hydrogen) atoms. The minimum Gasteiger partial charge on any atom is -0.496 e. The van der Waals surface area contributed by atoms with E-state index in [1.54, 1.807) is 18.9 Å². The van der Waals surface area contributed by atoms with E-state index < -0.39 is 0 Å². The van der Waals surface area contributed by atoms with Gasteiger partial charge in [-0.1, -0.05) is 36.4 Å². The molecule has 0 aliphatic carbocycles. The van der Waals surface area contributed by atoms with E-state index in [9.17, 15) is 0 Å². The van der Waals surface area contributed by atoms with Gasteiger partial charge in [0.05, 0.1) is 7.11 Å². The van der Waals surface area contributed by atoms with Crippen molar-refractivity contribution >= 4 is 24.2 Å². The topological polar surface area (TPSA) is 38.5 Å². The Morgan fingerprint density at radius 3 is 2.56 bits per heavy atom. The zero-order valence-electron chi connectivity index (χ0n) is 14.9. The van der Waals surface area contributed by atoms with Crippen LogP contribution in [0.2, 0.25) is 0 Å². The first-order valence-corrected chi connectivity index (χ1v) is 9.66. The van der Waals surface area contributed by atoms with Crippen LogP contribution in [0.1, 0.15) is 17.0 Å². The zero-order chi connectivity index (χ0) is 16.9. The molecule has 2 aromatic carbocycles. The Bertz CT molecular complexity index is 668. The molecule has 0 aromatic heterocycles. The van der Waals surface area contributed by atoms with Crippen LogP contribution in [-0.4, -0.2) is 37.9 Å². The molecule has 1 heterocycles. The predicted octanol–water partition coefficient (Wildman–Crippen LogP) is 4.01. The van der Waals surface area contributed by atoms with Crippen molar-refractivity contribution in [2.45, 2.75) is 17.4 Å². The SMILES string of the molecule is COc1cc(CN2C[C@@H](CN)[C@H](c3ccccc3)C2)ccc1SC.Cl. The van der Waals surface area contributed by atoms with Crippen LogP contribution in [0.3, 0.4) is 0 Å². The average Bonchev–Trinajstić information content (AvgIpc) is 3.05. The molecule has 2 atom stereocenters. The third-order valence-electron chi connectivity index (χ3n) is 4.90. The smallest absolute Gasteiger partial charge is 0.132 e. The van der Waals surface area contributed by atoms with Gasteiger partial charge in [-0.15, -0.1) is 24.2 Å². The predicted molar refractivity (Wildman–Crippen MR) is 109 cm³/mol. The maximum atomic E-state index is 6.05. The van der Waals surface area contributed by atoms with Gasteiger partial charge in [0.1, 0.15) is 5.75 Å². The van der Waals surface area contributed by atoms with E-state index in [1.807, 2.05) is 0 Å². The van der Waals surface area contributed by atoms with Gasteiger partial charge in [0.15, 0.2) is 0 Å². The summed E-state index contributed by atoms with van der Waals surface area (Å²) >= 11 is 1.72. The van der Waals surface area contributed by atoms with Crippen LogP contribution in [0.5, 0.6) is 5.75 Å². The highest BCUT2D eigenvalue weighted by Gasteiger charge is 2.32. The number of benzene rings is 2. The number of nitrogens with two attached hydrogens (primary N) is 1. The summed E-state index contributed by atoms with van der Waals surface area (Å²) in [5, 5.41) is 0. The Morgan fingerprint density at radius 1 is 1.16 bits per heavy atom. The van der Waals surface area contributed by atoms with Crippen molar-refractivity contribution in [1.29, 1.82) is 0 Å². The number of nitrogens with zero attached hydrogens (tertiary/aromatic N) is 1. The molecule has 2 N–H and O–H groups in total. The van der Waals surface area contributed by atoms with Gasteiger partial charge in [-0.25, -0.2) is 0 Å². The molecule has 1 aliphatic rings. The molecule has 1 saturated heterocycles. The Morgan fingerprint density at radius 2 is 1.92 bits per heavy atom. The molecule has 0 amide bonds. The summed E-state index contributed by atoms with van der Waals surface area (Å²) in [5.41, 5.74) is 8.76. The van der Waals surface area contributed by atoms with Crippen molar-refractivity contribution < 1.29 is 4.74 Å². The summed E-state index contributed by atoms with van der Waals surface area (Å²) < 4.78 is 5.51. The second-order valence-electron chi connectivity index (χ2n) is 6.40. The lowest BCUT2D eigenvalue weighted by atomic mass is 9.89. The van der Waals surface area contributed by atoms with Gasteiger partial charge in [-0.3, -0.25) is 4.90 Å². The number of thioether (sulfide) groups is 1. The minimum absolute atomic E-state index is 0. The van der Waals surface area contributed by atoms with Gasteiger partial charge >= 0.3 is 0 Å². The van der Waals surface area contributed by atoms with E-state index in [0.717, 1.165) is 31.9 Å². The van der Waals surface area contributed by atoms with Gasteiger partial charge in [0.25, 0.3) is 0 Å². The van der Waals surface area contributed by atoms with Crippen LogP contribution in [0, 0.1) is 5.92 Å². The average molecular weight is 379 g/mol. The van der Waals surface area contributed by atoms with Crippen molar-refractivity contribution in [2.75, 3.05) is 33.0 Å². The van der Waals surface area contributed by atoms with E-state index >= 15 is 0 Å². The van der Waals surface area contributed by atoms with Gasteiger partial charge < -0.3 is 10.5 Å². The van der Waals surface area contributed by atoms with Crippen molar-refractivity contribution in [2.24, 2.45) is 11.7 Å². The zero-order valence-corrected chi connectivity index (χ0v) is 16.5. The summed E-state index contributed by atoms with van der Waals surface area (Å²) in [5.74, 6) is 2.03.